The summed E-state index contributed by atoms with van der Waals surface area (Å²) in [5, 5.41) is 4.11. The predicted octanol–water partition coefficient (Wildman–Crippen LogP) is 1.45. The SMILES string of the molecule is O=C1N[C@@H]2CC[C@H]1CN(C(=O)Cc1c[nH]c3ccccc13)C2. The molecule has 0 unspecified atom stereocenters. The first kappa shape index (κ1) is 13.4. The summed E-state index contributed by atoms with van der Waals surface area (Å²) in [6, 6.07) is 8.13. The molecule has 3 aliphatic heterocycles. The Kier molecular flexibility index (Phi) is 3.13. The third kappa shape index (κ3) is 2.26. The van der Waals surface area contributed by atoms with Gasteiger partial charge in [-0.1, -0.05) is 18.2 Å². The van der Waals surface area contributed by atoms with Gasteiger partial charge < -0.3 is 15.2 Å². The number of piperidine rings is 1. The van der Waals surface area contributed by atoms with Gasteiger partial charge in [0.1, 0.15) is 0 Å². The molecule has 1 aromatic carbocycles. The van der Waals surface area contributed by atoms with Gasteiger partial charge in [-0.3, -0.25) is 9.59 Å². The van der Waals surface area contributed by atoms with Crippen LogP contribution in [0, 0.1) is 5.92 Å². The van der Waals surface area contributed by atoms with E-state index in [1.54, 1.807) is 0 Å². The minimum absolute atomic E-state index is 0.0364. The van der Waals surface area contributed by atoms with E-state index in [0.29, 0.717) is 19.5 Å². The molecule has 1 aromatic heterocycles. The van der Waals surface area contributed by atoms with Crippen molar-refractivity contribution in [2.24, 2.45) is 5.92 Å². The largest absolute Gasteiger partial charge is 0.361 e. The molecule has 0 aliphatic carbocycles. The standard InChI is InChI=1S/C17H19N3O2/c21-16(7-12-8-18-15-4-2-1-3-14(12)15)20-9-11-5-6-13(10-20)19-17(11)22/h1-4,8,11,13,18H,5-7,9-10H2,(H,19,22)/t11-,13+/m0/s1. The molecule has 5 nitrogen and oxygen atoms in total. The van der Waals surface area contributed by atoms with Gasteiger partial charge >= 0.3 is 0 Å². The average Bonchev–Trinajstić information content (AvgIpc) is 2.71. The molecule has 2 amide bonds. The van der Waals surface area contributed by atoms with Crippen LogP contribution < -0.4 is 5.32 Å². The van der Waals surface area contributed by atoms with Crippen LogP contribution in [0.3, 0.4) is 0 Å². The average molecular weight is 297 g/mol. The van der Waals surface area contributed by atoms with Crippen LogP contribution in [0.4, 0.5) is 0 Å². The first-order valence-corrected chi connectivity index (χ1v) is 7.84. The van der Waals surface area contributed by atoms with Crippen LogP contribution >= 0.6 is 0 Å². The molecule has 2 aromatic rings. The Bertz CT molecular complexity index is 736. The highest BCUT2D eigenvalue weighted by atomic mass is 16.2. The molecular formula is C17H19N3O2. The smallest absolute Gasteiger partial charge is 0.227 e. The van der Waals surface area contributed by atoms with E-state index in [-0.39, 0.29) is 23.8 Å². The molecule has 2 N–H and O–H groups in total. The minimum atomic E-state index is -0.0364. The van der Waals surface area contributed by atoms with Gasteiger partial charge in [-0.2, -0.15) is 0 Å². The fourth-order valence-electron chi connectivity index (χ4n) is 3.60. The van der Waals surface area contributed by atoms with E-state index >= 15 is 0 Å². The van der Waals surface area contributed by atoms with Crippen LogP contribution in [0.25, 0.3) is 10.9 Å². The van der Waals surface area contributed by atoms with Crippen LogP contribution in [0.2, 0.25) is 0 Å². The van der Waals surface area contributed by atoms with Gasteiger partial charge in [0.05, 0.1) is 12.3 Å². The minimum Gasteiger partial charge on any atom is -0.361 e. The van der Waals surface area contributed by atoms with Crippen LogP contribution in [-0.2, 0) is 16.0 Å². The molecule has 5 heteroatoms. The lowest BCUT2D eigenvalue weighted by Crippen LogP contribution is -2.44. The van der Waals surface area contributed by atoms with Crippen molar-refractivity contribution in [1.82, 2.24) is 15.2 Å². The van der Waals surface area contributed by atoms with E-state index in [9.17, 15) is 9.59 Å². The molecule has 3 fully saturated rings. The predicted molar refractivity (Wildman–Crippen MR) is 83.2 cm³/mol. The Morgan fingerprint density at radius 3 is 2.95 bits per heavy atom. The number of H-pyrrole nitrogens is 1. The summed E-state index contributed by atoms with van der Waals surface area (Å²) in [7, 11) is 0. The molecule has 3 aliphatic rings. The molecular weight excluding hydrogens is 278 g/mol. The van der Waals surface area contributed by atoms with Gasteiger partial charge in [0.2, 0.25) is 11.8 Å². The number of aromatic nitrogens is 1. The highest BCUT2D eigenvalue weighted by Crippen LogP contribution is 2.24. The van der Waals surface area contributed by atoms with Gasteiger partial charge in [0, 0.05) is 36.2 Å². The zero-order chi connectivity index (χ0) is 15.1. The quantitative estimate of drug-likeness (QED) is 0.881. The van der Waals surface area contributed by atoms with E-state index in [4.69, 9.17) is 0 Å². The van der Waals surface area contributed by atoms with Crippen molar-refractivity contribution in [3.05, 3.63) is 36.0 Å². The molecule has 0 radical (unpaired) electrons. The highest BCUT2D eigenvalue weighted by molar-refractivity contribution is 5.89. The van der Waals surface area contributed by atoms with E-state index < -0.39 is 0 Å². The van der Waals surface area contributed by atoms with Crippen molar-refractivity contribution < 1.29 is 9.59 Å². The number of benzene rings is 1. The van der Waals surface area contributed by atoms with Gasteiger partial charge in [-0.25, -0.2) is 0 Å². The summed E-state index contributed by atoms with van der Waals surface area (Å²) in [5.41, 5.74) is 2.08. The summed E-state index contributed by atoms with van der Waals surface area (Å²) in [5.74, 6) is 0.183. The summed E-state index contributed by atoms with van der Waals surface area (Å²) in [4.78, 5) is 29.6. The first-order valence-electron chi connectivity index (χ1n) is 7.84. The van der Waals surface area contributed by atoms with Crippen LogP contribution in [0.1, 0.15) is 18.4 Å². The van der Waals surface area contributed by atoms with Crippen molar-refractivity contribution in [1.29, 1.82) is 0 Å². The van der Waals surface area contributed by atoms with Crippen molar-refractivity contribution in [3.63, 3.8) is 0 Å². The number of aromatic amines is 1. The van der Waals surface area contributed by atoms with Gasteiger partial charge in [-0.05, 0) is 24.5 Å². The topological polar surface area (TPSA) is 65.2 Å². The molecule has 114 valence electrons. The maximum atomic E-state index is 12.7. The maximum Gasteiger partial charge on any atom is 0.227 e. The van der Waals surface area contributed by atoms with Crippen LogP contribution in [0.5, 0.6) is 0 Å². The van der Waals surface area contributed by atoms with Gasteiger partial charge in [-0.15, -0.1) is 0 Å². The lowest BCUT2D eigenvalue weighted by Gasteiger charge is -2.23. The number of rotatable bonds is 2. The second kappa shape index (κ2) is 5.16. The molecule has 0 spiro atoms. The fourth-order valence-corrected chi connectivity index (χ4v) is 3.60. The monoisotopic (exact) mass is 297 g/mol. The summed E-state index contributed by atoms with van der Waals surface area (Å²) >= 11 is 0. The molecule has 22 heavy (non-hydrogen) atoms. The van der Waals surface area contributed by atoms with Gasteiger partial charge in [0.25, 0.3) is 0 Å². The Labute approximate surface area is 128 Å². The lowest BCUT2D eigenvalue weighted by molar-refractivity contribution is -0.131. The van der Waals surface area contributed by atoms with E-state index in [1.807, 2.05) is 35.4 Å². The Morgan fingerprint density at radius 2 is 2.09 bits per heavy atom. The van der Waals surface area contributed by atoms with Crippen LogP contribution in [0.15, 0.2) is 30.5 Å². The maximum absolute atomic E-state index is 12.7. The van der Waals surface area contributed by atoms with E-state index in [0.717, 1.165) is 29.3 Å². The number of amides is 2. The number of fused-ring (bicyclic) bond motifs is 5. The summed E-state index contributed by atoms with van der Waals surface area (Å²) < 4.78 is 0. The van der Waals surface area contributed by atoms with E-state index in [2.05, 4.69) is 10.3 Å². The van der Waals surface area contributed by atoms with E-state index in [1.165, 1.54) is 0 Å². The third-order valence-corrected chi connectivity index (χ3v) is 4.83. The number of nitrogens with zero attached hydrogens (tertiary/aromatic N) is 1. The molecule has 5 rings (SSSR count). The molecule has 0 saturated carbocycles. The summed E-state index contributed by atoms with van der Waals surface area (Å²) in [6.07, 6.45) is 4.18. The Balaban J connectivity index is 1.54. The number of carbonyl (C=O) groups is 2. The third-order valence-electron chi connectivity index (χ3n) is 4.83. The lowest BCUT2D eigenvalue weighted by atomic mass is 9.96. The zero-order valence-corrected chi connectivity index (χ0v) is 12.3. The number of carbonyl (C=O) groups excluding carboxylic acids is 2. The van der Waals surface area contributed by atoms with Crippen molar-refractivity contribution in [2.75, 3.05) is 13.1 Å². The van der Waals surface area contributed by atoms with Crippen molar-refractivity contribution in [2.45, 2.75) is 25.3 Å². The Morgan fingerprint density at radius 1 is 1.23 bits per heavy atom. The normalized spacial score (nSPS) is 24.4. The fraction of sp³-hybridized carbons (Fsp3) is 0.412. The summed E-state index contributed by atoms with van der Waals surface area (Å²) in [6.45, 7) is 1.20. The second-order valence-corrected chi connectivity index (χ2v) is 6.31. The van der Waals surface area contributed by atoms with Crippen molar-refractivity contribution >= 4 is 22.7 Å². The highest BCUT2D eigenvalue weighted by Gasteiger charge is 2.36. The number of hydrogen-bond donors (Lipinski definition) is 2. The molecule has 2 atom stereocenters. The van der Waals surface area contributed by atoms with Crippen molar-refractivity contribution in [3.8, 4) is 0 Å². The number of hydrogen-bond acceptors (Lipinski definition) is 2. The molecule has 2 bridgehead atoms. The first-order chi connectivity index (χ1) is 10.7. The Hall–Kier alpha value is -2.30. The number of nitrogens with one attached hydrogen (secondary N) is 2. The number of para-hydroxylation sites is 1. The second-order valence-electron chi connectivity index (χ2n) is 6.31. The van der Waals surface area contributed by atoms with Crippen LogP contribution in [-0.4, -0.2) is 40.8 Å². The zero-order valence-electron chi connectivity index (χ0n) is 12.3. The molecule has 4 heterocycles. The van der Waals surface area contributed by atoms with Gasteiger partial charge in [0.15, 0.2) is 0 Å². The molecule has 3 saturated heterocycles.